The number of carbonyl (C=O) groups is 1. The minimum atomic E-state index is -0.0617. The molecular weight excluding hydrogens is 445 g/mol. The van der Waals surface area contributed by atoms with E-state index in [0.717, 1.165) is 50.5 Å². The lowest BCUT2D eigenvalue weighted by Crippen LogP contribution is -2.49. The molecule has 0 spiro atoms. The Labute approximate surface area is 173 Å². The third-order valence-corrected chi connectivity index (χ3v) is 4.60. The third kappa shape index (κ3) is 7.17. The number of guanidine groups is 1. The summed E-state index contributed by atoms with van der Waals surface area (Å²) in [5.74, 6) is 1.84. The molecule has 1 aromatic rings. The number of furan rings is 1. The molecule has 1 fully saturated rings. The molecule has 0 aromatic carbocycles. The van der Waals surface area contributed by atoms with E-state index in [4.69, 9.17) is 14.1 Å². The van der Waals surface area contributed by atoms with Gasteiger partial charge in [-0.3, -0.25) is 9.79 Å². The second kappa shape index (κ2) is 12.2. The van der Waals surface area contributed by atoms with E-state index in [9.17, 15) is 4.79 Å². The van der Waals surface area contributed by atoms with Gasteiger partial charge in [0.25, 0.3) is 0 Å². The number of carbonyl (C=O) groups excluding carboxylic acids is 1. The van der Waals surface area contributed by atoms with Crippen LogP contribution in [0.5, 0.6) is 0 Å². The normalized spacial score (nSPS) is 16.7. The van der Waals surface area contributed by atoms with Gasteiger partial charge in [-0.25, -0.2) is 0 Å². The summed E-state index contributed by atoms with van der Waals surface area (Å²) in [6, 6.07) is 4.24. The van der Waals surface area contributed by atoms with Crippen molar-refractivity contribution >= 4 is 35.9 Å². The number of esters is 1. The van der Waals surface area contributed by atoms with E-state index < -0.39 is 0 Å². The van der Waals surface area contributed by atoms with Crippen LogP contribution in [0.4, 0.5) is 0 Å². The van der Waals surface area contributed by atoms with Crippen LogP contribution < -0.4 is 5.32 Å². The number of likely N-dealkylation sites (tertiary alicyclic amines) is 1. The highest BCUT2D eigenvalue weighted by molar-refractivity contribution is 14.0. The minimum absolute atomic E-state index is 0. The SMILES string of the molecule is CCOC(=O)C1CCN(C(=NCCc2ccco2)NC(C)CC)CC1.I. The fourth-order valence-electron chi connectivity index (χ4n) is 2.87. The smallest absolute Gasteiger partial charge is 0.309 e. The van der Waals surface area contributed by atoms with Crippen LogP contribution in [0.2, 0.25) is 0 Å². The van der Waals surface area contributed by atoms with Crippen molar-refractivity contribution in [2.24, 2.45) is 10.9 Å². The Morgan fingerprint density at radius 3 is 2.73 bits per heavy atom. The van der Waals surface area contributed by atoms with Crippen LogP contribution in [0.25, 0.3) is 0 Å². The summed E-state index contributed by atoms with van der Waals surface area (Å²) in [6.45, 7) is 8.96. The van der Waals surface area contributed by atoms with Crippen molar-refractivity contribution in [3.63, 3.8) is 0 Å². The maximum absolute atomic E-state index is 11.9. The summed E-state index contributed by atoms with van der Waals surface area (Å²) in [6.07, 6.45) is 5.16. The van der Waals surface area contributed by atoms with Gasteiger partial charge in [0.1, 0.15) is 5.76 Å². The molecule has 2 rings (SSSR count). The largest absolute Gasteiger partial charge is 0.469 e. The molecule has 0 radical (unpaired) electrons. The maximum atomic E-state index is 11.9. The molecule has 1 aliphatic rings. The van der Waals surface area contributed by atoms with E-state index in [1.807, 2.05) is 19.1 Å². The lowest BCUT2D eigenvalue weighted by atomic mass is 9.97. The van der Waals surface area contributed by atoms with Crippen LogP contribution in [0.3, 0.4) is 0 Å². The predicted octanol–water partition coefficient (Wildman–Crippen LogP) is 3.46. The highest BCUT2D eigenvalue weighted by Gasteiger charge is 2.27. The van der Waals surface area contributed by atoms with Crippen molar-refractivity contribution in [2.45, 2.75) is 52.5 Å². The van der Waals surface area contributed by atoms with Gasteiger partial charge in [-0.15, -0.1) is 24.0 Å². The summed E-state index contributed by atoms with van der Waals surface area (Å²) in [5, 5.41) is 3.51. The van der Waals surface area contributed by atoms with Crippen LogP contribution >= 0.6 is 24.0 Å². The first-order valence-corrected chi connectivity index (χ1v) is 9.39. The first-order valence-electron chi connectivity index (χ1n) is 9.39. The predicted molar refractivity (Wildman–Crippen MR) is 114 cm³/mol. The van der Waals surface area contributed by atoms with Gasteiger partial charge < -0.3 is 19.4 Å². The van der Waals surface area contributed by atoms with Crippen molar-refractivity contribution in [2.75, 3.05) is 26.2 Å². The van der Waals surface area contributed by atoms with Gasteiger partial charge in [-0.05, 0) is 45.2 Å². The summed E-state index contributed by atoms with van der Waals surface area (Å²) in [5.41, 5.74) is 0. The van der Waals surface area contributed by atoms with Gasteiger partial charge >= 0.3 is 5.97 Å². The average Bonchev–Trinajstić information content (AvgIpc) is 3.14. The lowest BCUT2D eigenvalue weighted by Gasteiger charge is -2.34. The maximum Gasteiger partial charge on any atom is 0.309 e. The van der Waals surface area contributed by atoms with Gasteiger partial charge in [0, 0.05) is 32.1 Å². The average molecular weight is 477 g/mol. The van der Waals surface area contributed by atoms with Gasteiger partial charge in [0.05, 0.1) is 18.8 Å². The monoisotopic (exact) mass is 477 g/mol. The van der Waals surface area contributed by atoms with E-state index >= 15 is 0 Å². The molecule has 0 bridgehead atoms. The van der Waals surface area contributed by atoms with Crippen molar-refractivity contribution < 1.29 is 13.9 Å². The molecule has 1 atom stereocenters. The van der Waals surface area contributed by atoms with E-state index in [0.29, 0.717) is 19.2 Å². The minimum Gasteiger partial charge on any atom is -0.469 e. The second-order valence-electron chi connectivity index (χ2n) is 6.50. The lowest BCUT2D eigenvalue weighted by molar-refractivity contribution is -0.149. The molecule has 148 valence electrons. The van der Waals surface area contributed by atoms with Crippen LogP contribution in [-0.4, -0.2) is 49.1 Å². The number of ether oxygens (including phenoxy) is 1. The first kappa shape index (κ1) is 22.8. The molecule has 1 N–H and O–H groups in total. The fourth-order valence-corrected chi connectivity index (χ4v) is 2.87. The molecule has 6 nitrogen and oxygen atoms in total. The number of rotatable bonds is 7. The van der Waals surface area contributed by atoms with Gasteiger partial charge in [-0.2, -0.15) is 0 Å². The zero-order valence-electron chi connectivity index (χ0n) is 16.1. The molecular formula is C19H32IN3O3. The fraction of sp³-hybridized carbons (Fsp3) is 0.684. The van der Waals surface area contributed by atoms with E-state index in [1.54, 1.807) is 6.26 Å². The summed E-state index contributed by atoms with van der Waals surface area (Å²) >= 11 is 0. The van der Waals surface area contributed by atoms with Crippen LogP contribution in [-0.2, 0) is 16.0 Å². The number of hydrogen-bond donors (Lipinski definition) is 1. The number of nitrogens with zero attached hydrogens (tertiary/aromatic N) is 2. The Bertz CT molecular complexity index is 540. The molecule has 26 heavy (non-hydrogen) atoms. The van der Waals surface area contributed by atoms with Gasteiger partial charge in [0.15, 0.2) is 5.96 Å². The van der Waals surface area contributed by atoms with E-state index in [2.05, 4.69) is 24.1 Å². The number of nitrogens with one attached hydrogen (secondary N) is 1. The van der Waals surface area contributed by atoms with E-state index in [1.165, 1.54) is 0 Å². The van der Waals surface area contributed by atoms with Crippen LogP contribution in [0.15, 0.2) is 27.8 Å². The summed E-state index contributed by atoms with van der Waals surface area (Å²) < 4.78 is 10.5. The molecule has 0 amide bonds. The molecule has 0 saturated carbocycles. The highest BCUT2D eigenvalue weighted by atomic mass is 127. The zero-order valence-corrected chi connectivity index (χ0v) is 18.4. The molecule has 7 heteroatoms. The zero-order chi connectivity index (χ0) is 18.1. The standard InChI is InChI=1S/C19H31N3O3.HI/c1-4-15(3)21-19(20-11-8-17-7-6-14-25-17)22-12-9-16(10-13-22)18(23)24-5-2;/h6-7,14-16H,4-5,8-13H2,1-3H3,(H,20,21);1H. The molecule has 1 saturated heterocycles. The van der Waals surface area contributed by atoms with Crippen LogP contribution in [0, 0.1) is 5.92 Å². The number of piperidine rings is 1. The van der Waals surface area contributed by atoms with Gasteiger partial charge in [0.2, 0.25) is 0 Å². The number of hydrogen-bond acceptors (Lipinski definition) is 4. The molecule has 0 aliphatic carbocycles. The summed E-state index contributed by atoms with van der Waals surface area (Å²) in [7, 11) is 0. The first-order chi connectivity index (χ1) is 12.1. The van der Waals surface area contributed by atoms with E-state index in [-0.39, 0.29) is 35.9 Å². The van der Waals surface area contributed by atoms with Crippen molar-refractivity contribution in [3.8, 4) is 0 Å². The Morgan fingerprint density at radius 2 is 2.15 bits per heavy atom. The molecule has 2 heterocycles. The summed E-state index contributed by atoms with van der Waals surface area (Å²) in [4.78, 5) is 18.9. The Kier molecular flexibility index (Phi) is 10.7. The Morgan fingerprint density at radius 1 is 1.42 bits per heavy atom. The topological polar surface area (TPSA) is 67.1 Å². The van der Waals surface area contributed by atoms with Crippen molar-refractivity contribution in [1.29, 1.82) is 0 Å². The van der Waals surface area contributed by atoms with Gasteiger partial charge in [-0.1, -0.05) is 6.92 Å². The number of aliphatic imine (C=N–C) groups is 1. The second-order valence-corrected chi connectivity index (χ2v) is 6.50. The van der Waals surface area contributed by atoms with Crippen LogP contribution in [0.1, 0.15) is 45.8 Å². The Balaban J connectivity index is 0.00000338. The molecule has 1 aromatic heterocycles. The number of halogens is 1. The molecule has 1 aliphatic heterocycles. The van der Waals surface area contributed by atoms with Crippen molar-refractivity contribution in [3.05, 3.63) is 24.2 Å². The highest BCUT2D eigenvalue weighted by Crippen LogP contribution is 2.19. The third-order valence-electron chi connectivity index (χ3n) is 4.60. The Hall–Kier alpha value is -1.25. The van der Waals surface area contributed by atoms with Crippen molar-refractivity contribution in [1.82, 2.24) is 10.2 Å². The quantitative estimate of drug-likeness (QED) is 0.282. The molecule has 1 unspecified atom stereocenters.